The van der Waals surface area contributed by atoms with Gasteiger partial charge in [0, 0.05) is 11.1 Å². The first kappa shape index (κ1) is 14.0. The molecule has 1 atom stereocenters. The first-order valence-electron chi connectivity index (χ1n) is 5.08. The van der Waals surface area contributed by atoms with Crippen LogP contribution in [0.2, 0.25) is 5.02 Å². The third-order valence-corrected chi connectivity index (χ3v) is 4.48. The van der Waals surface area contributed by atoms with E-state index in [0.29, 0.717) is 5.02 Å². The van der Waals surface area contributed by atoms with E-state index in [4.69, 9.17) is 11.6 Å². The molecule has 92 valence electrons. The van der Waals surface area contributed by atoms with Gasteiger partial charge in [0.1, 0.15) is 9.84 Å². The summed E-state index contributed by atoms with van der Waals surface area (Å²) in [7, 11) is -3.01. The molecular formula is C10H16ClNO2S2. The summed E-state index contributed by atoms with van der Waals surface area (Å²) < 4.78 is 22.7. The van der Waals surface area contributed by atoms with Crippen molar-refractivity contribution in [3.8, 4) is 0 Å². The van der Waals surface area contributed by atoms with Gasteiger partial charge in [0.2, 0.25) is 0 Å². The van der Waals surface area contributed by atoms with Crippen LogP contribution in [0, 0.1) is 0 Å². The van der Waals surface area contributed by atoms with Crippen molar-refractivity contribution < 1.29 is 8.42 Å². The molecule has 1 aromatic rings. The second-order valence-electron chi connectivity index (χ2n) is 3.73. The largest absolute Gasteiger partial charge is 0.308 e. The zero-order valence-corrected chi connectivity index (χ0v) is 11.8. The summed E-state index contributed by atoms with van der Waals surface area (Å²) in [6.45, 7) is 2.83. The molecule has 0 aliphatic heterocycles. The molecule has 0 aromatic carbocycles. The lowest BCUT2D eigenvalue weighted by molar-refractivity contribution is 0.554. The summed E-state index contributed by atoms with van der Waals surface area (Å²) in [5.41, 5.74) is 0. The molecule has 0 saturated heterocycles. The van der Waals surface area contributed by atoms with Gasteiger partial charge in [0.15, 0.2) is 0 Å². The molecule has 0 amide bonds. The lowest BCUT2D eigenvalue weighted by Crippen LogP contribution is -2.28. The fourth-order valence-corrected chi connectivity index (χ4v) is 3.66. The van der Waals surface area contributed by atoms with Gasteiger partial charge in [-0.05, 0) is 24.4 Å². The molecule has 0 aliphatic rings. The lowest BCUT2D eigenvalue weighted by atomic mass is 10.2. The lowest BCUT2D eigenvalue weighted by Gasteiger charge is -2.16. The third kappa shape index (κ3) is 4.41. The Kier molecular flexibility index (Phi) is 5.24. The van der Waals surface area contributed by atoms with E-state index in [2.05, 4.69) is 5.32 Å². The summed E-state index contributed by atoms with van der Waals surface area (Å²) in [4.78, 5) is 0.903. The number of nitrogens with one attached hydrogen (secondary N) is 1. The molecule has 1 aromatic heterocycles. The number of hydrogen-bond donors (Lipinski definition) is 1. The molecule has 0 spiro atoms. The van der Waals surface area contributed by atoms with Gasteiger partial charge in [-0.15, -0.1) is 11.3 Å². The minimum atomic E-state index is -3.01. The van der Waals surface area contributed by atoms with Crippen LogP contribution in [0.3, 0.4) is 0 Å². The van der Waals surface area contributed by atoms with Gasteiger partial charge in [-0.25, -0.2) is 8.42 Å². The van der Waals surface area contributed by atoms with Crippen molar-refractivity contribution in [1.82, 2.24) is 5.32 Å². The monoisotopic (exact) mass is 281 g/mol. The highest BCUT2D eigenvalue weighted by molar-refractivity contribution is 7.90. The Labute approximate surface area is 106 Å². The predicted octanol–water partition coefficient (Wildman–Crippen LogP) is 2.49. The summed E-state index contributed by atoms with van der Waals surface area (Å²) >= 11 is 7.51. The highest BCUT2D eigenvalue weighted by Gasteiger charge is 2.20. The van der Waals surface area contributed by atoms with Gasteiger partial charge < -0.3 is 5.32 Å². The van der Waals surface area contributed by atoms with E-state index in [-0.39, 0.29) is 11.8 Å². The Morgan fingerprint density at radius 3 is 2.69 bits per heavy atom. The van der Waals surface area contributed by atoms with Crippen molar-refractivity contribution in [1.29, 1.82) is 0 Å². The smallest absolute Gasteiger partial charge is 0.149 e. The van der Waals surface area contributed by atoms with Crippen LogP contribution in [0.15, 0.2) is 11.4 Å². The Balaban J connectivity index is 2.83. The maximum atomic E-state index is 11.3. The first-order chi connectivity index (χ1) is 7.44. The Hall–Kier alpha value is -0.100. The maximum absolute atomic E-state index is 11.3. The Morgan fingerprint density at radius 1 is 1.56 bits per heavy atom. The van der Waals surface area contributed by atoms with E-state index in [9.17, 15) is 8.42 Å². The first-order valence-corrected chi connectivity index (χ1v) is 8.40. The van der Waals surface area contributed by atoms with Gasteiger partial charge in [-0.2, -0.15) is 0 Å². The van der Waals surface area contributed by atoms with Crippen molar-refractivity contribution in [2.45, 2.75) is 19.4 Å². The topological polar surface area (TPSA) is 46.2 Å². The minimum absolute atomic E-state index is 0.0905. The average Bonchev–Trinajstić information content (AvgIpc) is 2.57. The third-order valence-electron chi connectivity index (χ3n) is 2.07. The van der Waals surface area contributed by atoms with Crippen LogP contribution in [0.1, 0.15) is 24.3 Å². The maximum Gasteiger partial charge on any atom is 0.149 e. The van der Waals surface area contributed by atoms with Crippen molar-refractivity contribution in [2.75, 3.05) is 18.6 Å². The van der Waals surface area contributed by atoms with Crippen LogP contribution < -0.4 is 5.32 Å². The Bertz CT molecular complexity index is 428. The molecule has 0 aliphatic carbocycles. The zero-order chi connectivity index (χ0) is 12.2. The number of sulfone groups is 1. The molecule has 1 unspecified atom stereocenters. The summed E-state index contributed by atoms with van der Waals surface area (Å²) in [6, 6.07) is 1.60. The second kappa shape index (κ2) is 6.00. The van der Waals surface area contributed by atoms with Crippen molar-refractivity contribution in [2.24, 2.45) is 0 Å². The van der Waals surface area contributed by atoms with Gasteiger partial charge >= 0.3 is 0 Å². The molecule has 1 rings (SSSR count). The molecule has 0 radical (unpaired) electrons. The zero-order valence-electron chi connectivity index (χ0n) is 9.36. The molecule has 0 saturated carbocycles. The SMILES string of the molecule is CCCNC(CS(C)(=O)=O)c1sccc1Cl. The van der Waals surface area contributed by atoms with Gasteiger partial charge in [0.05, 0.1) is 16.8 Å². The van der Waals surface area contributed by atoms with E-state index in [1.54, 1.807) is 6.07 Å². The molecular weight excluding hydrogens is 266 g/mol. The van der Waals surface area contributed by atoms with Crippen molar-refractivity contribution in [3.63, 3.8) is 0 Å². The number of halogens is 1. The van der Waals surface area contributed by atoms with Gasteiger partial charge in [0.25, 0.3) is 0 Å². The minimum Gasteiger partial charge on any atom is -0.308 e. The van der Waals surface area contributed by atoms with Crippen LogP contribution in [0.5, 0.6) is 0 Å². The van der Waals surface area contributed by atoms with Crippen LogP contribution >= 0.6 is 22.9 Å². The van der Waals surface area contributed by atoms with Gasteiger partial charge in [-0.1, -0.05) is 18.5 Å². The second-order valence-corrected chi connectivity index (χ2v) is 7.27. The van der Waals surface area contributed by atoms with Crippen LogP contribution in [0.25, 0.3) is 0 Å². The van der Waals surface area contributed by atoms with Crippen LogP contribution in [-0.2, 0) is 9.84 Å². The van der Waals surface area contributed by atoms with Crippen LogP contribution in [0.4, 0.5) is 0 Å². The van der Waals surface area contributed by atoms with Crippen molar-refractivity contribution in [3.05, 3.63) is 21.3 Å². The van der Waals surface area contributed by atoms with E-state index >= 15 is 0 Å². The molecule has 1 heterocycles. The number of hydrogen-bond acceptors (Lipinski definition) is 4. The summed E-state index contributed by atoms with van der Waals surface area (Å²) in [5, 5.41) is 5.73. The fraction of sp³-hybridized carbons (Fsp3) is 0.600. The standard InChI is InChI=1S/C10H16ClNO2S2/c1-3-5-12-9(7-16(2,13)14)10-8(11)4-6-15-10/h4,6,9,12H,3,5,7H2,1-2H3. The van der Waals surface area contributed by atoms with Crippen molar-refractivity contribution >= 4 is 32.8 Å². The van der Waals surface area contributed by atoms with E-state index < -0.39 is 9.84 Å². The summed E-state index contributed by atoms with van der Waals surface area (Å²) in [5.74, 6) is 0.0905. The average molecular weight is 282 g/mol. The van der Waals surface area contributed by atoms with E-state index in [1.165, 1.54) is 17.6 Å². The van der Waals surface area contributed by atoms with E-state index in [1.807, 2.05) is 12.3 Å². The van der Waals surface area contributed by atoms with Crippen LogP contribution in [-0.4, -0.2) is 27.0 Å². The molecule has 6 heteroatoms. The quantitative estimate of drug-likeness (QED) is 0.871. The highest BCUT2D eigenvalue weighted by Crippen LogP contribution is 2.29. The molecule has 3 nitrogen and oxygen atoms in total. The Morgan fingerprint density at radius 2 is 2.25 bits per heavy atom. The fourth-order valence-electron chi connectivity index (χ4n) is 1.40. The highest BCUT2D eigenvalue weighted by atomic mass is 35.5. The van der Waals surface area contributed by atoms with Gasteiger partial charge in [-0.3, -0.25) is 0 Å². The molecule has 16 heavy (non-hydrogen) atoms. The molecule has 0 fully saturated rings. The summed E-state index contributed by atoms with van der Waals surface area (Å²) in [6.07, 6.45) is 2.21. The predicted molar refractivity (Wildman–Crippen MR) is 70.1 cm³/mol. The van der Waals surface area contributed by atoms with E-state index in [0.717, 1.165) is 17.8 Å². The number of thiophene rings is 1. The normalized spacial score (nSPS) is 13.9. The molecule has 0 bridgehead atoms. The number of rotatable bonds is 6. The molecule has 1 N–H and O–H groups in total.